The summed E-state index contributed by atoms with van der Waals surface area (Å²) >= 11 is 0. The van der Waals surface area contributed by atoms with Crippen LogP contribution < -0.4 is 5.32 Å². The summed E-state index contributed by atoms with van der Waals surface area (Å²) in [7, 11) is 0. The second-order valence-corrected chi connectivity index (χ2v) is 11.1. The maximum atomic E-state index is 13.0. The molecule has 0 aromatic rings. The van der Waals surface area contributed by atoms with Gasteiger partial charge in [-0.25, -0.2) is 0 Å². The van der Waals surface area contributed by atoms with Crippen molar-refractivity contribution in [1.82, 2.24) is 5.32 Å². The maximum Gasteiger partial charge on any atom is 0.306 e. The number of rotatable bonds is 8. The highest BCUT2D eigenvalue weighted by Crippen LogP contribution is 2.63. The van der Waals surface area contributed by atoms with Gasteiger partial charge in [-0.05, 0) is 100 Å². The van der Waals surface area contributed by atoms with E-state index in [0.29, 0.717) is 36.3 Å². The number of amides is 1. The fourth-order valence-electron chi connectivity index (χ4n) is 7.68. The molecule has 0 heterocycles. The molecule has 4 heteroatoms. The van der Waals surface area contributed by atoms with Gasteiger partial charge in [0.25, 0.3) is 0 Å². The number of nitrogens with one attached hydrogen (secondary N) is 1. The molecule has 2 unspecified atom stereocenters. The molecule has 0 aliphatic heterocycles. The smallest absolute Gasteiger partial charge is 0.306 e. The first-order valence-electron chi connectivity index (χ1n) is 12.5. The zero-order valence-corrected chi connectivity index (χ0v) is 19.1. The van der Waals surface area contributed by atoms with Gasteiger partial charge >= 0.3 is 5.97 Å². The largest absolute Gasteiger partial charge is 0.458 e. The summed E-state index contributed by atoms with van der Waals surface area (Å²) in [6, 6.07) is 0. The van der Waals surface area contributed by atoms with Crippen LogP contribution in [-0.4, -0.2) is 24.0 Å². The van der Waals surface area contributed by atoms with Crippen molar-refractivity contribution in [3.63, 3.8) is 0 Å². The first-order chi connectivity index (χ1) is 14.4. The SMILES string of the molecule is C=C(C)C(=O)NCCCCC(=O)OC1(C2CCCC(C)C2)C2CC3CC(C2)CC1C3. The summed E-state index contributed by atoms with van der Waals surface area (Å²) in [5.41, 5.74) is 0.354. The molecule has 1 amide bonds. The first-order valence-corrected chi connectivity index (χ1v) is 12.5. The molecule has 5 rings (SSSR count). The fraction of sp³-hybridized carbons (Fsp3) is 0.846. The highest BCUT2D eigenvalue weighted by Gasteiger charge is 2.62. The average molecular weight is 416 g/mol. The predicted molar refractivity (Wildman–Crippen MR) is 119 cm³/mol. The van der Waals surface area contributed by atoms with Crippen molar-refractivity contribution in [2.75, 3.05) is 6.54 Å². The van der Waals surface area contributed by atoms with Crippen LogP contribution in [-0.2, 0) is 14.3 Å². The minimum atomic E-state index is -0.173. The van der Waals surface area contributed by atoms with Crippen LogP contribution in [0.1, 0.15) is 90.9 Å². The van der Waals surface area contributed by atoms with E-state index in [0.717, 1.165) is 30.6 Å². The molecular weight excluding hydrogens is 374 g/mol. The zero-order valence-electron chi connectivity index (χ0n) is 19.1. The lowest BCUT2D eigenvalue weighted by Crippen LogP contribution is -2.63. The number of hydrogen-bond acceptors (Lipinski definition) is 3. The Morgan fingerprint density at radius 2 is 1.63 bits per heavy atom. The van der Waals surface area contributed by atoms with Crippen LogP contribution in [0.4, 0.5) is 0 Å². The molecule has 2 atom stereocenters. The van der Waals surface area contributed by atoms with Gasteiger partial charge in [0, 0.05) is 18.5 Å². The van der Waals surface area contributed by atoms with E-state index in [-0.39, 0.29) is 17.5 Å². The Kier molecular flexibility index (Phi) is 6.60. The highest BCUT2D eigenvalue weighted by atomic mass is 16.6. The minimum absolute atomic E-state index is 0.00641. The van der Waals surface area contributed by atoms with Gasteiger partial charge in [-0.15, -0.1) is 0 Å². The quantitative estimate of drug-likeness (QED) is 0.327. The van der Waals surface area contributed by atoms with Crippen LogP contribution in [0.15, 0.2) is 12.2 Å². The Morgan fingerprint density at radius 3 is 2.23 bits per heavy atom. The van der Waals surface area contributed by atoms with Gasteiger partial charge in [0.15, 0.2) is 0 Å². The van der Waals surface area contributed by atoms with Crippen LogP contribution in [0.25, 0.3) is 0 Å². The van der Waals surface area contributed by atoms with Crippen molar-refractivity contribution < 1.29 is 14.3 Å². The van der Waals surface area contributed by atoms with Crippen molar-refractivity contribution in [2.24, 2.45) is 35.5 Å². The lowest BCUT2D eigenvalue weighted by molar-refractivity contribution is -0.234. The molecule has 5 saturated carbocycles. The van der Waals surface area contributed by atoms with Gasteiger partial charge in [0.05, 0.1) is 0 Å². The van der Waals surface area contributed by atoms with Gasteiger partial charge in [-0.1, -0.05) is 26.3 Å². The van der Waals surface area contributed by atoms with Crippen LogP contribution >= 0.6 is 0 Å². The number of ether oxygens (including phenoxy) is 1. The Hall–Kier alpha value is -1.32. The second kappa shape index (κ2) is 9.04. The van der Waals surface area contributed by atoms with Gasteiger partial charge in [0.2, 0.25) is 5.91 Å². The number of carbonyl (C=O) groups excluding carboxylic acids is 2. The summed E-state index contributed by atoms with van der Waals surface area (Å²) in [6.07, 6.45) is 13.7. The molecule has 5 aliphatic carbocycles. The Morgan fingerprint density at radius 1 is 0.967 bits per heavy atom. The molecule has 1 N–H and O–H groups in total. The Balaban J connectivity index is 1.38. The average Bonchev–Trinajstić information content (AvgIpc) is 2.69. The third-order valence-corrected chi connectivity index (χ3v) is 8.76. The van der Waals surface area contributed by atoms with Crippen LogP contribution in [0.5, 0.6) is 0 Å². The van der Waals surface area contributed by atoms with Crippen molar-refractivity contribution in [3.8, 4) is 0 Å². The maximum absolute atomic E-state index is 13.0. The summed E-state index contributed by atoms with van der Waals surface area (Å²) in [5, 5.41) is 2.85. The number of unbranched alkanes of at least 4 members (excludes halogenated alkanes) is 1. The number of hydrogen-bond donors (Lipinski definition) is 1. The highest BCUT2D eigenvalue weighted by molar-refractivity contribution is 5.92. The molecule has 0 spiro atoms. The van der Waals surface area contributed by atoms with E-state index >= 15 is 0 Å². The standard InChI is InChI=1S/C26H41NO3/c1-17(2)25(29)27-10-5-4-9-24(28)30-26(21-8-6-7-18(3)11-21)22-13-19-12-20(15-22)16-23(26)14-19/h18-23H,1,4-16H2,2-3H3,(H,27,29). The molecule has 4 nitrogen and oxygen atoms in total. The topological polar surface area (TPSA) is 55.4 Å². The molecule has 0 saturated heterocycles. The van der Waals surface area contributed by atoms with E-state index in [4.69, 9.17) is 4.74 Å². The van der Waals surface area contributed by atoms with Crippen LogP contribution in [0.2, 0.25) is 0 Å². The van der Waals surface area contributed by atoms with E-state index in [1.165, 1.54) is 57.8 Å². The van der Waals surface area contributed by atoms with Gasteiger partial charge in [-0.3, -0.25) is 9.59 Å². The van der Waals surface area contributed by atoms with Gasteiger partial charge in [-0.2, -0.15) is 0 Å². The molecule has 5 fully saturated rings. The lowest BCUT2D eigenvalue weighted by atomic mass is 9.46. The normalized spacial score (nSPS) is 39.5. The number of esters is 1. The summed E-state index contributed by atoms with van der Waals surface area (Å²) in [5.74, 6) is 4.20. The van der Waals surface area contributed by atoms with E-state index in [1.807, 2.05) is 0 Å². The Bertz CT molecular complexity index is 641. The Labute approximate surface area is 182 Å². The summed E-state index contributed by atoms with van der Waals surface area (Å²) < 4.78 is 6.63. The third-order valence-electron chi connectivity index (χ3n) is 8.76. The molecular formula is C26H41NO3. The van der Waals surface area contributed by atoms with Crippen molar-refractivity contribution in [3.05, 3.63) is 12.2 Å². The van der Waals surface area contributed by atoms with Crippen molar-refractivity contribution >= 4 is 11.9 Å². The number of carbonyl (C=O) groups is 2. The van der Waals surface area contributed by atoms with Crippen LogP contribution in [0.3, 0.4) is 0 Å². The van der Waals surface area contributed by atoms with E-state index in [9.17, 15) is 9.59 Å². The minimum Gasteiger partial charge on any atom is -0.458 e. The van der Waals surface area contributed by atoms with Gasteiger partial charge in [0.1, 0.15) is 5.60 Å². The predicted octanol–water partition coefficient (Wildman–Crippen LogP) is 5.41. The molecule has 0 radical (unpaired) electrons. The van der Waals surface area contributed by atoms with Crippen LogP contribution in [0, 0.1) is 35.5 Å². The molecule has 168 valence electrons. The molecule has 30 heavy (non-hydrogen) atoms. The van der Waals surface area contributed by atoms with E-state index in [1.54, 1.807) is 6.92 Å². The third kappa shape index (κ3) is 4.34. The summed E-state index contributed by atoms with van der Waals surface area (Å²) in [6.45, 7) is 8.35. The molecule has 0 aromatic heterocycles. The lowest BCUT2D eigenvalue weighted by Gasteiger charge is -2.63. The molecule has 0 aromatic carbocycles. The zero-order chi connectivity index (χ0) is 21.3. The summed E-state index contributed by atoms with van der Waals surface area (Å²) in [4.78, 5) is 24.6. The monoisotopic (exact) mass is 415 g/mol. The van der Waals surface area contributed by atoms with Crippen molar-refractivity contribution in [2.45, 2.75) is 96.5 Å². The first kappa shape index (κ1) is 21.9. The second-order valence-electron chi connectivity index (χ2n) is 11.1. The molecule has 4 bridgehead atoms. The van der Waals surface area contributed by atoms with Crippen molar-refractivity contribution in [1.29, 1.82) is 0 Å². The van der Waals surface area contributed by atoms with E-state index < -0.39 is 0 Å². The molecule has 5 aliphatic rings. The van der Waals surface area contributed by atoms with Gasteiger partial charge < -0.3 is 10.1 Å². The fourth-order valence-corrected chi connectivity index (χ4v) is 7.68. The van der Waals surface area contributed by atoms with E-state index in [2.05, 4.69) is 18.8 Å².